The van der Waals surface area contributed by atoms with E-state index in [1.54, 1.807) is 6.33 Å². The second kappa shape index (κ2) is 5.72. The highest BCUT2D eigenvalue weighted by molar-refractivity contribution is 5.73. The Hall–Kier alpha value is -2.10. The molecule has 110 valence electrons. The summed E-state index contributed by atoms with van der Waals surface area (Å²) in [5.74, 6) is 1.99. The molecule has 4 nitrogen and oxygen atoms in total. The number of hydrogen-bond donors (Lipinski definition) is 1. The van der Waals surface area contributed by atoms with Gasteiger partial charge in [-0.05, 0) is 31.4 Å². The molecule has 2 heterocycles. The molecular weight excluding hydrogens is 260 g/mol. The molecule has 21 heavy (non-hydrogen) atoms. The molecule has 1 N–H and O–H groups in total. The Labute approximate surface area is 126 Å². The van der Waals surface area contributed by atoms with Crippen LogP contribution < -0.4 is 10.2 Å². The van der Waals surface area contributed by atoms with Gasteiger partial charge in [-0.25, -0.2) is 9.97 Å². The number of para-hydroxylation sites is 1. The summed E-state index contributed by atoms with van der Waals surface area (Å²) in [5, 5.41) is 3.21. The van der Waals surface area contributed by atoms with E-state index in [-0.39, 0.29) is 0 Å². The summed E-state index contributed by atoms with van der Waals surface area (Å²) in [6.07, 6.45) is 4.80. The molecule has 0 bridgehead atoms. The van der Waals surface area contributed by atoms with Crippen molar-refractivity contribution in [2.75, 3.05) is 17.3 Å². The lowest BCUT2D eigenvalue weighted by Gasteiger charge is -2.26. The predicted octanol–water partition coefficient (Wildman–Crippen LogP) is 3.55. The van der Waals surface area contributed by atoms with Gasteiger partial charge in [0.25, 0.3) is 0 Å². The summed E-state index contributed by atoms with van der Waals surface area (Å²) in [6.45, 7) is 4.45. The van der Waals surface area contributed by atoms with E-state index in [2.05, 4.69) is 58.3 Å². The van der Waals surface area contributed by atoms with Gasteiger partial charge in [-0.1, -0.05) is 31.5 Å². The fraction of sp³-hybridized carbons (Fsp3) is 0.412. The number of rotatable bonds is 4. The largest absolute Gasteiger partial charge is 0.373 e. The molecule has 1 aliphatic heterocycles. The van der Waals surface area contributed by atoms with E-state index in [0.717, 1.165) is 30.9 Å². The zero-order chi connectivity index (χ0) is 14.8. The summed E-state index contributed by atoms with van der Waals surface area (Å²) >= 11 is 0. The molecule has 0 amide bonds. The van der Waals surface area contributed by atoms with Crippen LogP contribution in [0, 0.1) is 0 Å². The quantitative estimate of drug-likeness (QED) is 0.931. The van der Waals surface area contributed by atoms with Crippen LogP contribution in [0.3, 0.4) is 0 Å². The molecule has 1 aliphatic rings. The van der Waals surface area contributed by atoms with Gasteiger partial charge in [0.1, 0.15) is 18.0 Å². The van der Waals surface area contributed by atoms with Crippen LogP contribution >= 0.6 is 0 Å². The zero-order valence-corrected chi connectivity index (χ0v) is 12.9. The third kappa shape index (κ3) is 2.35. The molecule has 0 fully saturated rings. The molecule has 0 saturated heterocycles. The number of benzene rings is 1. The summed E-state index contributed by atoms with van der Waals surface area (Å²) in [5.41, 5.74) is 3.89. The molecule has 0 radical (unpaired) electrons. The van der Waals surface area contributed by atoms with Crippen LogP contribution in [0.4, 0.5) is 17.3 Å². The van der Waals surface area contributed by atoms with Crippen LogP contribution in [0.25, 0.3) is 0 Å². The Morgan fingerprint density at radius 1 is 1.29 bits per heavy atom. The zero-order valence-electron chi connectivity index (χ0n) is 12.9. The number of anilines is 3. The predicted molar refractivity (Wildman–Crippen MR) is 87.3 cm³/mol. The third-order valence-corrected chi connectivity index (χ3v) is 4.09. The Bertz CT molecular complexity index is 638. The average molecular weight is 282 g/mol. The number of hydrogen-bond acceptors (Lipinski definition) is 4. The summed E-state index contributed by atoms with van der Waals surface area (Å²) in [7, 11) is 1.92. The van der Waals surface area contributed by atoms with E-state index in [4.69, 9.17) is 0 Å². The lowest BCUT2D eigenvalue weighted by Crippen LogP contribution is -2.26. The molecule has 0 spiro atoms. The lowest BCUT2D eigenvalue weighted by atomic mass is 10.1. The van der Waals surface area contributed by atoms with Gasteiger partial charge >= 0.3 is 0 Å². The van der Waals surface area contributed by atoms with E-state index in [0.29, 0.717) is 6.04 Å². The fourth-order valence-electron chi connectivity index (χ4n) is 3.19. The third-order valence-electron chi connectivity index (χ3n) is 4.09. The average Bonchev–Trinajstić information content (AvgIpc) is 2.83. The second-order valence-electron chi connectivity index (χ2n) is 5.58. The summed E-state index contributed by atoms with van der Waals surface area (Å²) in [4.78, 5) is 11.4. The number of aromatic nitrogens is 2. The van der Waals surface area contributed by atoms with Crippen molar-refractivity contribution in [2.24, 2.45) is 0 Å². The second-order valence-corrected chi connectivity index (χ2v) is 5.58. The topological polar surface area (TPSA) is 41.1 Å². The minimum absolute atomic E-state index is 0.428. The first-order valence-electron chi connectivity index (χ1n) is 7.65. The Balaban J connectivity index is 2.12. The van der Waals surface area contributed by atoms with Gasteiger partial charge in [-0.3, -0.25) is 0 Å². The first kappa shape index (κ1) is 13.9. The molecule has 1 aromatic carbocycles. The van der Waals surface area contributed by atoms with Gasteiger partial charge < -0.3 is 10.2 Å². The van der Waals surface area contributed by atoms with E-state index in [1.807, 2.05) is 7.05 Å². The SMILES string of the molecule is CCCc1c(NC)ncnc1N1c2ccccc2CC1C. The highest BCUT2D eigenvalue weighted by Crippen LogP contribution is 2.39. The minimum Gasteiger partial charge on any atom is -0.373 e. The Morgan fingerprint density at radius 3 is 2.86 bits per heavy atom. The standard InChI is InChI=1S/C17H22N4/c1-4-7-14-16(18-3)19-11-20-17(14)21-12(2)10-13-8-5-6-9-15(13)21/h5-6,8-9,11-12H,4,7,10H2,1-3H3,(H,18,19,20). The maximum Gasteiger partial charge on any atom is 0.142 e. The van der Waals surface area contributed by atoms with Gasteiger partial charge in [0.15, 0.2) is 0 Å². The van der Waals surface area contributed by atoms with Gasteiger partial charge in [-0.15, -0.1) is 0 Å². The van der Waals surface area contributed by atoms with E-state index >= 15 is 0 Å². The molecule has 1 atom stereocenters. The van der Waals surface area contributed by atoms with Crippen molar-refractivity contribution in [3.63, 3.8) is 0 Å². The monoisotopic (exact) mass is 282 g/mol. The van der Waals surface area contributed by atoms with Gasteiger partial charge in [-0.2, -0.15) is 0 Å². The van der Waals surface area contributed by atoms with Crippen molar-refractivity contribution in [1.29, 1.82) is 0 Å². The maximum absolute atomic E-state index is 4.61. The molecule has 2 aromatic rings. The first-order valence-corrected chi connectivity index (χ1v) is 7.65. The van der Waals surface area contributed by atoms with Gasteiger partial charge in [0.05, 0.1) is 0 Å². The maximum atomic E-state index is 4.61. The summed E-state index contributed by atoms with van der Waals surface area (Å²) < 4.78 is 0. The van der Waals surface area contributed by atoms with Crippen LogP contribution in [-0.2, 0) is 12.8 Å². The molecule has 0 saturated carbocycles. The fourth-order valence-corrected chi connectivity index (χ4v) is 3.19. The highest BCUT2D eigenvalue weighted by atomic mass is 15.2. The van der Waals surface area contributed by atoms with Crippen molar-refractivity contribution in [3.05, 3.63) is 41.7 Å². The molecule has 1 unspecified atom stereocenters. The molecule has 3 rings (SSSR count). The number of fused-ring (bicyclic) bond motifs is 1. The molecule has 0 aliphatic carbocycles. The van der Waals surface area contributed by atoms with E-state index in [9.17, 15) is 0 Å². The van der Waals surface area contributed by atoms with E-state index in [1.165, 1.54) is 16.8 Å². The van der Waals surface area contributed by atoms with Crippen molar-refractivity contribution in [3.8, 4) is 0 Å². The molecule has 4 heteroatoms. The highest BCUT2D eigenvalue weighted by Gasteiger charge is 2.29. The summed E-state index contributed by atoms with van der Waals surface area (Å²) in [6, 6.07) is 9.05. The van der Waals surface area contributed by atoms with Crippen molar-refractivity contribution < 1.29 is 0 Å². The number of nitrogens with zero attached hydrogens (tertiary/aromatic N) is 3. The van der Waals surface area contributed by atoms with Crippen LogP contribution in [0.15, 0.2) is 30.6 Å². The van der Waals surface area contributed by atoms with Crippen molar-refractivity contribution >= 4 is 17.3 Å². The van der Waals surface area contributed by atoms with Gasteiger partial charge in [0.2, 0.25) is 0 Å². The van der Waals surface area contributed by atoms with Crippen LogP contribution in [0.5, 0.6) is 0 Å². The number of nitrogens with one attached hydrogen (secondary N) is 1. The van der Waals surface area contributed by atoms with E-state index < -0.39 is 0 Å². The van der Waals surface area contributed by atoms with Gasteiger partial charge in [0, 0.05) is 24.3 Å². The lowest BCUT2D eigenvalue weighted by molar-refractivity contribution is 0.741. The smallest absolute Gasteiger partial charge is 0.142 e. The van der Waals surface area contributed by atoms with Crippen LogP contribution in [-0.4, -0.2) is 23.1 Å². The van der Waals surface area contributed by atoms with Crippen LogP contribution in [0.1, 0.15) is 31.4 Å². The Morgan fingerprint density at radius 2 is 2.10 bits per heavy atom. The van der Waals surface area contributed by atoms with Crippen LogP contribution in [0.2, 0.25) is 0 Å². The van der Waals surface area contributed by atoms with Crippen molar-refractivity contribution in [1.82, 2.24) is 9.97 Å². The molecular formula is C17H22N4. The van der Waals surface area contributed by atoms with Crippen molar-refractivity contribution in [2.45, 2.75) is 39.2 Å². The molecule has 1 aromatic heterocycles. The Kier molecular flexibility index (Phi) is 3.78. The minimum atomic E-state index is 0.428. The normalized spacial score (nSPS) is 16.9. The first-order chi connectivity index (χ1) is 10.3.